The lowest BCUT2D eigenvalue weighted by Crippen LogP contribution is -2.29. The maximum absolute atomic E-state index is 11.3. The van der Waals surface area contributed by atoms with Gasteiger partial charge in [-0.3, -0.25) is 4.79 Å². The van der Waals surface area contributed by atoms with Crippen molar-refractivity contribution in [1.82, 2.24) is 0 Å². The second-order valence-corrected chi connectivity index (χ2v) is 7.39. The minimum absolute atomic E-state index is 0.0641. The van der Waals surface area contributed by atoms with Crippen LogP contribution in [0.5, 0.6) is 0 Å². The molecule has 1 amide bonds. The predicted molar refractivity (Wildman–Crippen MR) is 104 cm³/mol. The van der Waals surface area contributed by atoms with E-state index in [0.29, 0.717) is 21.9 Å². The third-order valence-electron chi connectivity index (χ3n) is 5.00. The van der Waals surface area contributed by atoms with Crippen molar-refractivity contribution in [3.8, 4) is 0 Å². The zero-order valence-corrected chi connectivity index (χ0v) is 15.2. The largest absolute Gasteiger partial charge is 0.378 e. The third kappa shape index (κ3) is 2.92. The van der Waals surface area contributed by atoms with Crippen molar-refractivity contribution >= 4 is 40.5 Å². The number of anilines is 2. The Bertz CT molecular complexity index is 878. The van der Waals surface area contributed by atoms with Gasteiger partial charge in [0.25, 0.3) is 0 Å². The molecule has 5 heteroatoms. The predicted octanol–water partition coefficient (Wildman–Crippen LogP) is 5.78. The summed E-state index contributed by atoms with van der Waals surface area (Å²) in [7, 11) is 0. The molecule has 0 saturated heterocycles. The zero-order chi connectivity index (χ0) is 17.6. The average molecular weight is 373 g/mol. The second-order valence-electron chi connectivity index (χ2n) is 6.60. The highest BCUT2D eigenvalue weighted by atomic mass is 35.5. The van der Waals surface area contributed by atoms with Crippen LogP contribution in [0.2, 0.25) is 10.0 Å². The molecule has 1 aliphatic carbocycles. The molecule has 2 N–H and O–H groups in total. The topological polar surface area (TPSA) is 41.1 Å². The van der Waals surface area contributed by atoms with E-state index in [-0.39, 0.29) is 11.9 Å². The smallest absolute Gasteiger partial charge is 0.221 e. The number of hydrogen-bond donors (Lipinski definition) is 2. The van der Waals surface area contributed by atoms with Gasteiger partial charge in [-0.15, -0.1) is 0 Å². The summed E-state index contributed by atoms with van der Waals surface area (Å²) in [5, 5.41) is 7.70. The van der Waals surface area contributed by atoms with Gasteiger partial charge in [-0.1, -0.05) is 47.5 Å². The minimum Gasteiger partial charge on any atom is -0.378 e. The van der Waals surface area contributed by atoms with Crippen molar-refractivity contribution < 1.29 is 4.79 Å². The van der Waals surface area contributed by atoms with Gasteiger partial charge >= 0.3 is 0 Å². The van der Waals surface area contributed by atoms with Gasteiger partial charge in [-0.25, -0.2) is 0 Å². The highest BCUT2D eigenvalue weighted by Gasteiger charge is 2.38. The molecule has 0 aromatic heterocycles. The average Bonchev–Trinajstić information content (AvgIpc) is 3.06. The molecule has 2 aromatic carbocycles. The van der Waals surface area contributed by atoms with Gasteiger partial charge in [0.2, 0.25) is 5.91 Å². The van der Waals surface area contributed by atoms with E-state index < -0.39 is 0 Å². The molecule has 128 valence electrons. The Labute approximate surface area is 157 Å². The SMILES string of the molecule is CC(=O)Nc1ccc2c(c1)C1C=CCC1C(c1cccc(Cl)c1Cl)N2. The fourth-order valence-corrected chi connectivity index (χ4v) is 4.37. The van der Waals surface area contributed by atoms with Crippen molar-refractivity contribution in [2.75, 3.05) is 10.6 Å². The first-order valence-electron chi connectivity index (χ1n) is 8.33. The Balaban J connectivity index is 1.76. The second kappa shape index (κ2) is 6.40. The van der Waals surface area contributed by atoms with E-state index in [0.717, 1.165) is 23.4 Å². The molecule has 1 heterocycles. The Morgan fingerprint density at radius 3 is 2.84 bits per heavy atom. The number of carbonyl (C=O) groups is 1. The van der Waals surface area contributed by atoms with Gasteiger partial charge in [0.15, 0.2) is 0 Å². The lowest BCUT2D eigenvalue weighted by Gasteiger charge is -2.38. The first kappa shape index (κ1) is 16.5. The van der Waals surface area contributed by atoms with Crippen LogP contribution in [0.3, 0.4) is 0 Å². The summed E-state index contributed by atoms with van der Waals surface area (Å²) in [5.74, 6) is 0.604. The first-order valence-corrected chi connectivity index (χ1v) is 9.09. The molecule has 0 bridgehead atoms. The van der Waals surface area contributed by atoms with Gasteiger partial charge in [0.05, 0.1) is 16.1 Å². The van der Waals surface area contributed by atoms with E-state index in [2.05, 4.69) is 28.9 Å². The van der Waals surface area contributed by atoms with E-state index in [4.69, 9.17) is 23.2 Å². The molecule has 0 fully saturated rings. The number of carbonyl (C=O) groups excluding carboxylic acids is 1. The van der Waals surface area contributed by atoms with Crippen LogP contribution in [-0.2, 0) is 4.79 Å². The lowest BCUT2D eigenvalue weighted by atomic mass is 9.77. The standard InChI is InChI=1S/C20H18Cl2N2O/c1-11(25)23-12-8-9-18-16(10-12)13-4-2-5-14(13)20(24-18)15-6-3-7-17(21)19(15)22/h2-4,6-10,13-14,20,24H,5H2,1H3,(H,23,25). The molecular weight excluding hydrogens is 355 g/mol. The third-order valence-corrected chi connectivity index (χ3v) is 5.83. The van der Waals surface area contributed by atoms with Crippen LogP contribution in [0, 0.1) is 5.92 Å². The Morgan fingerprint density at radius 2 is 2.04 bits per heavy atom. The quantitative estimate of drug-likeness (QED) is 0.656. The maximum atomic E-state index is 11.3. The number of nitrogens with one attached hydrogen (secondary N) is 2. The molecule has 2 aromatic rings. The van der Waals surface area contributed by atoms with E-state index in [9.17, 15) is 4.79 Å². The molecule has 3 unspecified atom stereocenters. The fraction of sp³-hybridized carbons (Fsp3) is 0.250. The molecule has 25 heavy (non-hydrogen) atoms. The number of amides is 1. The fourth-order valence-electron chi connectivity index (χ4n) is 3.94. The number of hydrogen-bond acceptors (Lipinski definition) is 2. The van der Waals surface area contributed by atoms with Gasteiger partial charge < -0.3 is 10.6 Å². The molecule has 2 aliphatic rings. The van der Waals surface area contributed by atoms with Crippen molar-refractivity contribution in [3.63, 3.8) is 0 Å². The maximum Gasteiger partial charge on any atom is 0.221 e. The molecule has 1 aliphatic heterocycles. The molecule has 0 saturated carbocycles. The number of allylic oxidation sites excluding steroid dienone is 2. The molecule has 3 nitrogen and oxygen atoms in total. The molecular formula is C20H18Cl2N2O. The summed E-state index contributed by atoms with van der Waals surface area (Å²) < 4.78 is 0. The molecule has 4 rings (SSSR count). The minimum atomic E-state index is -0.0641. The van der Waals surface area contributed by atoms with Crippen LogP contribution < -0.4 is 10.6 Å². The van der Waals surface area contributed by atoms with Crippen molar-refractivity contribution in [1.29, 1.82) is 0 Å². The summed E-state index contributed by atoms with van der Waals surface area (Å²) in [6.07, 6.45) is 5.46. The Hall–Kier alpha value is -1.97. The van der Waals surface area contributed by atoms with E-state index >= 15 is 0 Å². The van der Waals surface area contributed by atoms with Gasteiger partial charge in [0.1, 0.15) is 0 Å². The van der Waals surface area contributed by atoms with Crippen LogP contribution in [0.15, 0.2) is 48.6 Å². The highest BCUT2D eigenvalue weighted by Crippen LogP contribution is 2.51. The normalized spacial score (nSPS) is 23.6. The van der Waals surface area contributed by atoms with E-state index in [1.165, 1.54) is 12.5 Å². The van der Waals surface area contributed by atoms with Gasteiger partial charge in [0, 0.05) is 24.2 Å². The van der Waals surface area contributed by atoms with Crippen molar-refractivity contribution in [3.05, 3.63) is 69.7 Å². The summed E-state index contributed by atoms with van der Waals surface area (Å²) in [6.45, 7) is 1.52. The van der Waals surface area contributed by atoms with Crippen LogP contribution in [-0.4, -0.2) is 5.91 Å². The van der Waals surface area contributed by atoms with Gasteiger partial charge in [-0.05, 0) is 47.7 Å². The van der Waals surface area contributed by atoms with Crippen molar-refractivity contribution in [2.45, 2.75) is 25.3 Å². The van der Waals surface area contributed by atoms with Crippen LogP contribution in [0.25, 0.3) is 0 Å². The first-order chi connectivity index (χ1) is 12.0. The Kier molecular flexibility index (Phi) is 4.22. The number of rotatable bonds is 2. The van der Waals surface area contributed by atoms with Crippen LogP contribution >= 0.6 is 23.2 Å². The van der Waals surface area contributed by atoms with Crippen LogP contribution in [0.1, 0.15) is 36.4 Å². The number of benzene rings is 2. The molecule has 3 atom stereocenters. The monoisotopic (exact) mass is 372 g/mol. The van der Waals surface area contributed by atoms with Gasteiger partial charge in [-0.2, -0.15) is 0 Å². The van der Waals surface area contributed by atoms with Crippen LogP contribution in [0.4, 0.5) is 11.4 Å². The highest BCUT2D eigenvalue weighted by molar-refractivity contribution is 6.42. The zero-order valence-electron chi connectivity index (χ0n) is 13.7. The number of halogens is 2. The Morgan fingerprint density at radius 1 is 1.20 bits per heavy atom. The van der Waals surface area contributed by atoms with E-state index in [1.807, 2.05) is 30.3 Å². The molecule has 0 spiro atoms. The van der Waals surface area contributed by atoms with E-state index in [1.54, 1.807) is 0 Å². The summed E-state index contributed by atoms with van der Waals surface area (Å²) in [5.41, 5.74) is 4.14. The number of fused-ring (bicyclic) bond motifs is 3. The molecule has 0 radical (unpaired) electrons. The summed E-state index contributed by atoms with van der Waals surface area (Å²) in [4.78, 5) is 11.3. The van der Waals surface area contributed by atoms with Crippen molar-refractivity contribution in [2.24, 2.45) is 5.92 Å². The summed E-state index contributed by atoms with van der Waals surface area (Å²) in [6, 6.07) is 11.9. The summed E-state index contributed by atoms with van der Waals surface area (Å²) >= 11 is 12.7. The lowest BCUT2D eigenvalue weighted by molar-refractivity contribution is -0.114.